The number of furan rings is 1. The topological polar surface area (TPSA) is 69.9 Å². The van der Waals surface area contributed by atoms with Gasteiger partial charge in [0.25, 0.3) is 0 Å². The van der Waals surface area contributed by atoms with Crippen molar-refractivity contribution >= 4 is 11.9 Å². The Morgan fingerprint density at radius 1 is 1.48 bits per heavy atom. The van der Waals surface area contributed by atoms with Crippen LogP contribution in [0.3, 0.4) is 0 Å². The molecule has 0 aliphatic heterocycles. The third-order valence-electron chi connectivity index (χ3n) is 2.86. The van der Waals surface area contributed by atoms with Crippen molar-refractivity contribution in [2.75, 3.05) is 26.7 Å². The minimum atomic E-state index is -0.247. The van der Waals surface area contributed by atoms with Gasteiger partial charge < -0.3 is 20.0 Å². The highest BCUT2D eigenvalue weighted by Crippen LogP contribution is 2.01. The third-order valence-corrected chi connectivity index (χ3v) is 2.86. The number of likely N-dealkylation sites (N-methyl/N-ethyl adjacent to an activating group) is 1. The molecule has 0 saturated carbocycles. The van der Waals surface area contributed by atoms with Gasteiger partial charge in [-0.05, 0) is 32.9 Å². The van der Waals surface area contributed by atoms with Gasteiger partial charge in [0.15, 0.2) is 5.96 Å². The van der Waals surface area contributed by atoms with Crippen LogP contribution >= 0.6 is 0 Å². The molecule has 0 aromatic carbocycles. The van der Waals surface area contributed by atoms with Crippen LogP contribution in [-0.2, 0) is 11.2 Å². The molecule has 0 unspecified atom stereocenters. The summed E-state index contributed by atoms with van der Waals surface area (Å²) in [5, 5.41) is 6.11. The lowest BCUT2D eigenvalue weighted by atomic mass is 10.1. The average Bonchev–Trinajstić information content (AvgIpc) is 2.93. The summed E-state index contributed by atoms with van der Waals surface area (Å²) in [4.78, 5) is 18.4. The second kappa shape index (κ2) is 9.02. The molecule has 1 aromatic heterocycles. The first kappa shape index (κ1) is 18.8. The highest BCUT2D eigenvalue weighted by Gasteiger charge is 2.16. The number of carbonyl (C=O) groups is 1. The Hall–Kier alpha value is -2.24. The molecular weight excluding hydrogens is 292 g/mol. The van der Waals surface area contributed by atoms with Gasteiger partial charge in [-0.25, -0.2) is 0 Å². The summed E-state index contributed by atoms with van der Waals surface area (Å²) in [5.74, 6) is 1.52. The van der Waals surface area contributed by atoms with Gasteiger partial charge in [-0.15, -0.1) is 6.58 Å². The zero-order chi connectivity index (χ0) is 17.3. The van der Waals surface area contributed by atoms with Gasteiger partial charge in [0.1, 0.15) is 5.76 Å². The quantitative estimate of drug-likeness (QED) is 0.457. The number of aliphatic imine (C=N–C) groups is 1. The zero-order valence-electron chi connectivity index (χ0n) is 14.6. The maximum Gasteiger partial charge on any atom is 0.240 e. The van der Waals surface area contributed by atoms with Crippen LogP contribution in [0.1, 0.15) is 26.5 Å². The first-order valence-corrected chi connectivity index (χ1v) is 7.75. The molecule has 128 valence electrons. The summed E-state index contributed by atoms with van der Waals surface area (Å²) in [6.45, 7) is 11.0. The van der Waals surface area contributed by atoms with E-state index < -0.39 is 0 Å². The Kier molecular flexibility index (Phi) is 7.38. The van der Waals surface area contributed by atoms with E-state index in [4.69, 9.17) is 4.42 Å². The maximum atomic E-state index is 12.0. The van der Waals surface area contributed by atoms with Gasteiger partial charge in [0.2, 0.25) is 5.91 Å². The largest absolute Gasteiger partial charge is 0.469 e. The van der Waals surface area contributed by atoms with Gasteiger partial charge >= 0.3 is 0 Å². The molecule has 1 amide bonds. The molecule has 1 rings (SSSR count). The summed E-state index contributed by atoms with van der Waals surface area (Å²) < 4.78 is 5.29. The van der Waals surface area contributed by atoms with Gasteiger partial charge in [-0.3, -0.25) is 9.79 Å². The number of hydrogen-bond donors (Lipinski definition) is 2. The maximum absolute atomic E-state index is 12.0. The average molecular weight is 320 g/mol. The fourth-order valence-corrected chi connectivity index (χ4v) is 1.95. The molecule has 2 N–H and O–H groups in total. The minimum Gasteiger partial charge on any atom is -0.469 e. The monoisotopic (exact) mass is 320 g/mol. The van der Waals surface area contributed by atoms with E-state index in [0.717, 1.165) is 5.76 Å². The molecule has 6 heteroatoms. The molecule has 0 aliphatic rings. The standard InChI is InChI=1S/C17H28N4O2/c1-6-10-18-16(19-11-9-14-8-7-12-23-14)21(5)13-15(22)20-17(2,3)4/h6-8,12H,1,9-11,13H2,2-5H3,(H,18,19)(H,20,22). The van der Waals surface area contributed by atoms with Crippen LogP contribution in [0.4, 0.5) is 0 Å². The molecule has 0 aliphatic carbocycles. The molecular formula is C17H28N4O2. The van der Waals surface area contributed by atoms with Crippen molar-refractivity contribution in [3.63, 3.8) is 0 Å². The van der Waals surface area contributed by atoms with E-state index in [-0.39, 0.29) is 18.0 Å². The number of hydrogen-bond acceptors (Lipinski definition) is 3. The second-order valence-electron chi connectivity index (χ2n) is 6.36. The predicted molar refractivity (Wildman–Crippen MR) is 93.4 cm³/mol. The van der Waals surface area contributed by atoms with E-state index in [2.05, 4.69) is 22.2 Å². The van der Waals surface area contributed by atoms with Crippen LogP contribution in [0.2, 0.25) is 0 Å². The molecule has 23 heavy (non-hydrogen) atoms. The Morgan fingerprint density at radius 2 is 2.22 bits per heavy atom. The van der Waals surface area contributed by atoms with Crippen molar-refractivity contribution in [1.29, 1.82) is 0 Å². The molecule has 0 radical (unpaired) electrons. The highest BCUT2D eigenvalue weighted by atomic mass is 16.3. The fourth-order valence-electron chi connectivity index (χ4n) is 1.95. The van der Waals surface area contributed by atoms with E-state index in [0.29, 0.717) is 25.5 Å². The zero-order valence-corrected chi connectivity index (χ0v) is 14.6. The Morgan fingerprint density at radius 3 is 2.78 bits per heavy atom. The van der Waals surface area contributed by atoms with Crippen molar-refractivity contribution in [2.45, 2.75) is 32.7 Å². The van der Waals surface area contributed by atoms with Crippen molar-refractivity contribution in [2.24, 2.45) is 4.99 Å². The number of guanidine groups is 1. The second-order valence-corrected chi connectivity index (χ2v) is 6.36. The lowest BCUT2D eigenvalue weighted by Gasteiger charge is -2.25. The molecule has 1 aromatic rings. The molecule has 6 nitrogen and oxygen atoms in total. The Labute approximate surface area is 138 Å². The summed E-state index contributed by atoms with van der Waals surface area (Å²) in [5.41, 5.74) is -0.247. The van der Waals surface area contributed by atoms with Crippen molar-refractivity contribution < 1.29 is 9.21 Å². The first-order valence-electron chi connectivity index (χ1n) is 7.75. The van der Waals surface area contributed by atoms with E-state index >= 15 is 0 Å². The lowest BCUT2D eigenvalue weighted by Crippen LogP contribution is -2.48. The predicted octanol–water partition coefficient (Wildman–Crippen LogP) is 1.80. The van der Waals surface area contributed by atoms with Crippen LogP contribution < -0.4 is 10.6 Å². The summed E-state index contributed by atoms with van der Waals surface area (Å²) in [6, 6.07) is 3.78. The van der Waals surface area contributed by atoms with Gasteiger partial charge in [0.05, 0.1) is 12.8 Å². The molecule has 0 fully saturated rings. The number of rotatable bonds is 7. The van der Waals surface area contributed by atoms with Crippen LogP contribution in [0.25, 0.3) is 0 Å². The van der Waals surface area contributed by atoms with E-state index in [9.17, 15) is 4.79 Å². The van der Waals surface area contributed by atoms with Gasteiger partial charge in [-0.1, -0.05) is 6.08 Å². The number of carbonyl (C=O) groups excluding carboxylic acids is 1. The van der Waals surface area contributed by atoms with Crippen LogP contribution in [-0.4, -0.2) is 49.0 Å². The molecule has 0 spiro atoms. The summed E-state index contributed by atoms with van der Waals surface area (Å²) >= 11 is 0. The number of nitrogens with zero attached hydrogens (tertiary/aromatic N) is 2. The molecule has 0 atom stereocenters. The van der Waals surface area contributed by atoms with Crippen LogP contribution in [0, 0.1) is 0 Å². The SMILES string of the molecule is C=CCNC(=NCCc1ccco1)N(C)CC(=O)NC(C)(C)C. The van der Waals surface area contributed by atoms with E-state index in [1.165, 1.54) is 0 Å². The minimum absolute atomic E-state index is 0.0425. The summed E-state index contributed by atoms with van der Waals surface area (Å²) in [6.07, 6.45) is 4.12. The smallest absolute Gasteiger partial charge is 0.240 e. The van der Waals surface area contributed by atoms with Gasteiger partial charge in [-0.2, -0.15) is 0 Å². The highest BCUT2D eigenvalue weighted by molar-refractivity contribution is 5.86. The molecule has 1 heterocycles. The van der Waals surface area contributed by atoms with Gasteiger partial charge in [0, 0.05) is 32.1 Å². The number of nitrogens with one attached hydrogen (secondary N) is 2. The molecule has 0 saturated heterocycles. The van der Waals surface area contributed by atoms with E-state index in [1.54, 1.807) is 17.2 Å². The lowest BCUT2D eigenvalue weighted by molar-refractivity contribution is -0.122. The Bertz CT molecular complexity index is 515. The van der Waals surface area contributed by atoms with Crippen LogP contribution in [0.15, 0.2) is 40.5 Å². The van der Waals surface area contributed by atoms with Crippen molar-refractivity contribution in [3.8, 4) is 0 Å². The third kappa shape index (κ3) is 8.09. The molecule has 0 bridgehead atoms. The summed E-state index contributed by atoms with van der Waals surface area (Å²) in [7, 11) is 1.84. The van der Waals surface area contributed by atoms with Crippen LogP contribution in [0.5, 0.6) is 0 Å². The Balaban J connectivity index is 2.59. The van der Waals surface area contributed by atoms with Crippen molar-refractivity contribution in [1.82, 2.24) is 15.5 Å². The fraction of sp³-hybridized carbons (Fsp3) is 0.529. The van der Waals surface area contributed by atoms with Crippen molar-refractivity contribution in [3.05, 3.63) is 36.8 Å². The van der Waals surface area contributed by atoms with E-state index in [1.807, 2.05) is 40.0 Å². The first-order chi connectivity index (χ1) is 10.8. The number of amides is 1. The normalized spacial score (nSPS) is 11.9.